The zero-order valence-corrected chi connectivity index (χ0v) is 9.24. The summed E-state index contributed by atoms with van der Waals surface area (Å²) in [4.78, 5) is 11.4. The summed E-state index contributed by atoms with van der Waals surface area (Å²) in [5.41, 5.74) is 0.445. The Kier molecular flexibility index (Phi) is 2.69. The molecular weight excluding hydrogens is 162 g/mol. The summed E-state index contributed by atoms with van der Waals surface area (Å²) in [5.74, 6) is 0.210. The average Bonchev–Trinajstić information content (AvgIpc) is 2.08. The van der Waals surface area contributed by atoms with Crippen molar-refractivity contribution in [2.45, 2.75) is 47.0 Å². The third-order valence-electron chi connectivity index (χ3n) is 3.11. The first-order valence-corrected chi connectivity index (χ1v) is 5.14. The molecule has 0 aromatic heterocycles. The van der Waals surface area contributed by atoms with Crippen molar-refractivity contribution in [3.63, 3.8) is 0 Å². The highest BCUT2D eigenvalue weighted by Gasteiger charge is 2.35. The summed E-state index contributed by atoms with van der Waals surface area (Å²) >= 11 is 0. The van der Waals surface area contributed by atoms with Crippen molar-refractivity contribution < 1.29 is 4.79 Å². The molecule has 1 unspecified atom stereocenters. The molecule has 0 aliphatic carbocycles. The maximum atomic E-state index is 11.4. The molecule has 1 aliphatic heterocycles. The molecule has 0 spiro atoms. The van der Waals surface area contributed by atoms with E-state index in [4.69, 9.17) is 0 Å². The zero-order chi connectivity index (χ0) is 10.1. The lowest BCUT2D eigenvalue weighted by Gasteiger charge is -2.33. The lowest BCUT2D eigenvalue weighted by Crippen LogP contribution is -2.32. The maximum Gasteiger partial charge on any atom is 0.220 e. The van der Waals surface area contributed by atoms with Gasteiger partial charge in [-0.2, -0.15) is 0 Å². The van der Waals surface area contributed by atoms with Gasteiger partial charge in [-0.1, -0.05) is 27.7 Å². The Balaban J connectivity index is 2.79. The van der Waals surface area contributed by atoms with Crippen LogP contribution in [0.4, 0.5) is 0 Å². The van der Waals surface area contributed by atoms with E-state index in [-0.39, 0.29) is 16.7 Å². The van der Waals surface area contributed by atoms with Gasteiger partial charge in [-0.3, -0.25) is 4.79 Å². The summed E-state index contributed by atoms with van der Waals surface area (Å²) in [6.45, 7) is 9.68. The molecule has 1 saturated heterocycles. The first-order valence-electron chi connectivity index (χ1n) is 5.14. The van der Waals surface area contributed by atoms with Crippen LogP contribution in [0.3, 0.4) is 0 Å². The van der Waals surface area contributed by atoms with Crippen LogP contribution in [0.5, 0.6) is 0 Å². The third kappa shape index (κ3) is 2.71. The number of rotatable bonds is 1. The molecule has 0 bridgehead atoms. The number of amides is 1. The van der Waals surface area contributed by atoms with Crippen LogP contribution in [-0.2, 0) is 4.79 Å². The predicted molar refractivity (Wildman–Crippen MR) is 54.4 cm³/mol. The molecule has 13 heavy (non-hydrogen) atoms. The van der Waals surface area contributed by atoms with Crippen LogP contribution < -0.4 is 5.32 Å². The van der Waals surface area contributed by atoms with Gasteiger partial charge < -0.3 is 5.32 Å². The number of nitrogens with one attached hydrogen (secondary N) is 1. The maximum absolute atomic E-state index is 11.4. The largest absolute Gasteiger partial charge is 0.356 e. The standard InChI is InChI=1S/C11H21NO/c1-5-11(4)7-10(2,3)6-9(13)12-8-11/h5-8H2,1-4H3,(H,12,13). The van der Waals surface area contributed by atoms with Crippen LogP contribution in [-0.4, -0.2) is 12.5 Å². The second-order valence-corrected chi connectivity index (χ2v) is 5.46. The molecule has 1 rings (SSSR count). The van der Waals surface area contributed by atoms with E-state index in [0.717, 1.165) is 19.4 Å². The van der Waals surface area contributed by atoms with Gasteiger partial charge in [-0.25, -0.2) is 0 Å². The quantitative estimate of drug-likeness (QED) is 0.664. The van der Waals surface area contributed by atoms with E-state index in [1.807, 2.05) is 0 Å². The average molecular weight is 183 g/mol. The molecular formula is C11H21NO. The monoisotopic (exact) mass is 183 g/mol. The van der Waals surface area contributed by atoms with Crippen LogP contribution >= 0.6 is 0 Å². The van der Waals surface area contributed by atoms with Crippen molar-refractivity contribution in [3.05, 3.63) is 0 Å². The summed E-state index contributed by atoms with van der Waals surface area (Å²) in [7, 11) is 0. The van der Waals surface area contributed by atoms with Gasteiger partial charge in [0.2, 0.25) is 5.91 Å². The van der Waals surface area contributed by atoms with Gasteiger partial charge in [-0.05, 0) is 23.7 Å². The van der Waals surface area contributed by atoms with Crippen LogP contribution in [0.1, 0.15) is 47.0 Å². The van der Waals surface area contributed by atoms with Gasteiger partial charge in [0.25, 0.3) is 0 Å². The first kappa shape index (κ1) is 10.6. The highest BCUT2D eigenvalue weighted by Crippen LogP contribution is 2.39. The van der Waals surface area contributed by atoms with Crippen molar-refractivity contribution >= 4 is 5.91 Å². The lowest BCUT2D eigenvalue weighted by atomic mass is 9.72. The Morgan fingerprint density at radius 1 is 1.38 bits per heavy atom. The summed E-state index contributed by atoms with van der Waals surface area (Å²) in [6, 6.07) is 0. The second kappa shape index (κ2) is 3.32. The number of carbonyl (C=O) groups is 1. The summed E-state index contributed by atoms with van der Waals surface area (Å²) in [5, 5.41) is 3.00. The molecule has 1 atom stereocenters. The molecule has 1 fully saturated rings. The topological polar surface area (TPSA) is 29.1 Å². The fourth-order valence-corrected chi connectivity index (χ4v) is 2.34. The Hall–Kier alpha value is -0.530. The Bertz CT molecular complexity index is 210. The summed E-state index contributed by atoms with van der Waals surface area (Å²) in [6.07, 6.45) is 2.94. The number of hydrogen-bond donors (Lipinski definition) is 1. The molecule has 2 heteroatoms. The number of hydrogen-bond acceptors (Lipinski definition) is 1. The van der Waals surface area contributed by atoms with Crippen molar-refractivity contribution in [1.82, 2.24) is 5.32 Å². The Morgan fingerprint density at radius 3 is 2.54 bits per heavy atom. The second-order valence-electron chi connectivity index (χ2n) is 5.46. The van der Waals surface area contributed by atoms with Crippen molar-refractivity contribution in [2.75, 3.05) is 6.54 Å². The smallest absolute Gasteiger partial charge is 0.220 e. The predicted octanol–water partition coefficient (Wildman–Crippen LogP) is 2.34. The van der Waals surface area contributed by atoms with E-state index < -0.39 is 0 Å². The van der Waals surface area contributed by atoms with Crippen molar-refractivity contribution in [2.24, 2.45) is 10.8 Å². The molecule has 0 radical (unpaired) electrons. The number of carbonyl (C=O) groups excluding carboxylic acids is 1. The molecule has 0 aromatic carbocycles. The molecule has 1 N–H and O–H groups in total. The summed E-state index contributed by atoms with van der Waals surface area (Å²) < 4.78 is 0. The van der Waals surface area contributed by atoms with E-state index in [2.05, 4.69) is 33.0 Å². The van der Waals surface area contributed by atoms with Gasteiger partial charge in [0.05, 0.1) is 0 Å². The normalized spacial score (nSPS) is 33.7. The van der Waals surface area contributed by atoms with Crippen molar-refractivity contribution in [3.8, 4) is 0 Å². The third-order valence-corrected chi connectivity index (χ3v) is 3.11. The van der Waals surface area contributed by atoms with Gasteiger partial charge in [0.15, 0.2) is 0 Å². The van der Waals surface area contributed by atoms with Crippen LogP contribution in [0.15, 0.2) is 0 Å². The minimum Gasteiger partial charge on any atom is -0.356 e. The van der Waals surface area contributed by atoms with Crippen LogP contribution in [0.2, 0.25) is 0 Å². The van der Waals surface area contributed by atoms with Crippen molar-refractivity contribution in [1.29, 1.82) is 0 Å². The SMILES string of the molecule is CCC1(C)CNC(=O)CC(C)(C)C1. The fourth-order valence-electron chi connectivity index (χ4n) is 2.34. The highest BCUT2D eigenvalue weighted by atomic mass is 16.1. The molecule has 1 heterocycles. The van der Waals surface area contributed by atoms with Gasteiger partial charge in [0.1, 0.15) is 0 Å². The molecule has 0 aromatic rings. The first-order chi connectivity index (χ1) is 5.87. The van der Waals surface area contributed by atoms with Gasteiger partial charge in [-0.15, -0.1) is 0 Å². The minimum atomic E-state index is 0.158. The van der Waals surface area contributed by atoms with Gasteiger partial charge in [0, 0.05) is 13.0 Å². The van der Waals surface area contributed by atoms with E-state index in [0.29, 0.717) is 6.42 Å². The molecule has 0 saturated carbocycles. The van der Waals surface area contributed by atoms with E-state index in [9.17, 15) is 4.79 Å². The minimum absolute atomic E-state index is 0.158. The molecule has 1 amide bonds. The Labute approximate surface area is 81.1 Å². The van der Waals surface area contributed by atoms with E-state index in [1.165, 1.54) is 0 Å². The molecule has 1 aliphatic rings. The molecule has 2 nitrogen and oxygen atoms in total. The van der Waals surface area contributed by atoms with Crippen LogP contribution in [0.25, 0.3) is 0 Å². The van der Waals surface area contributed by atoms with Gasteiger partial charge >= 0.3 is 0 Å². The fraction of sp³-hybridized carbons (Fsp3) is 0.909. The lowest BCUT2D eigenvalue weighted by molar-refractivity contribution is -0.122. The van der Waals surface area contributed by atoms with Crippen LogP contribution in [0, 0.1) is 10.8 Å². The van der Waals surface area contributed by atoms with E-state index >= 15 is 0 Å². The molecule has 76 valence electrons. The Morgan fingerprint density at radius 2 is 2.00 bits per heavy atom. The zero-order valence-electron chi connectivity index (χ0n) is 9.24. The highest BCUT2D eigenvalue weighted by molar-refractivity contribution is 5.77. The van der Waals surface area contributed by atoms with E-state index in [1.54, 1.807) is 0 Å².